The van der Waals surface area contributed by atoms with Gasteiger partial charge < -0.3 is 16.0 Å². The van der Waals surface area contributed by atoms with Crippen LogP contribution >= 0.6 is 11.3 Å². The van der Waals surface area contributed by atoms with Gasteiger partial charge in [0.25, 0.3) is 5.91 Å². The molecule has 3 N–H and O–H groups in total. The van der Waals surface area contributed by atoms with Gasteiger partial charge in [0.2, 0.25) is 0 Å². The highest BCUT2D eigenvalue weighted by Crippen LogP contribution is 2.29. The standard InChI is InChI=1S/C21H16F2N6O2S/c22-13-3-1-11(7-14(13)23)19-18(20(24)30)16-9-28(5-6-29(16)27-19)21(31)26-12-2-4-17-15(8-12)25-10-32-17/h1-4,7-8,10H,5-6,9H2,(H2,24,30)(H,26,31). The molecular weight excluding hydrogens is 438 g/mol. The van der Waals surface area contributed by atoms with Crippen molar-refractivity contribution in [3.63, 3.8) is 0 Å². The van der Waals surface area contributed by atoms with Crippen molar-refractivity contribution in [3.8, 4) is 11.3 Å². The fourth-order valence-corrected chi connectivity index (χ4v) is 4.39. The van der Waals surface area contributed by atoms with Gasteiger partial charge in [-0.05, 0) is 36.4 Å². The number of benzene rings is 2. The summed E-state index contributed by atoms with van der Waals surface area (Å²) in [4.78, 5) is 30.8. The molecule has 0 radical (unpaired) electrons. The minimum absolute atomic E-state index is 0.0809. The van der Waals surface area contributed by atoms with E-state index in [4.69, 9.17) is 5.73 Å². The number of aromatic nitrogens is 3. The highest BCUT2D eigenvalue weighted by Gasteiger charge is 2.30. The quantitative estimate of drug-likeness (QED) is 0.493. The normalized spacial score (nSPS) is 13.2. The van der Waals surface area contributed by atoms with Crippen molar-refractivity contribution < 1.29 is 18.4 Å². The lowest BCUT2D eigenvalue weighted by Crippen LogP contribution is -2.41. The number of primary amides is 1. The number of rotatable bonds is 3. The van der Waals surface area contributed by atoms with E-state index in [1.165, 1.54) is 22.3 Å². The van der Waals surface area contributed by atoms with Crippen LogP contribution in [0.5, 0.6) is 0 Å². The molecule has 0 fully saturated rings. The van der Waals surface area contributed by atoms with Crippen molar-refractivity contribution in [3.05, 3.63) is 64.8 Å². The molecule has 3 heterocycles. The Morgan fingerprint density at radius 1 is 1.09 bits per heavy atom. The third-order valence-corrected chi connectivity index (χ3v) is 6.10. The van der Waals surface area contributed by atoms with Gasteiger partial charge in [0.05, 0.1) is 40.1 Å². The second-order valence-electron chi connectivity index (χ2n) is 7.27. The maximum Gasteiger partial charge on any atom is 0.322 e. The van der Waals surface area contributed by atoms with E-state index in [-0.39, 0.29) is 29.4 Å². The lowest BCUT2D eigenvalue weighted by molar-refractivity contribution is 0.0997. The number of amides is 3. The molecule has 0 saturated carbocycles. The first-order valence-corrected chi connectivity index (χ1v) is 10.5. The summed E-state index contributed by atoms with van der Waals surface area (Å²) in [6.45, 7) is 0.742. The Kier molecular flexibility index (Phi) is 4.82. The lowest BCUT2D eigenvalue weighted by Gasteiger charge is -2.28. The molecule has 32 heavy (non-hydrogen) atoms. The van der Waals surface area contributed by atoms with E-state index in [0.717, 1.165) is 22.3 Å². The van der Waals surface area contributed by atoms with E-state index in [2.05, 4.69) is 15.4 Å². The van der Waals surface area contributed by atoms with E-state index in [1.807, 2.05) is 6.07 Å². The zero-order chi connectivity index (χ0) is 22.4. The Labute approximate surface area is 184 Å². The van der Waals surface area contributed by atoms with Crippen LogP contribution < -0.4 is 11.1 Å². The largest absolute Gasteiger partial charge is 0.365 e. The van der Waals surface area contributed by atoms with Crippen LogP contribution in [-0.4, -0.2) is 38.1 Å². The van der Waals surface area contributed by atoms with Gasteiger partial charge in [0, 0.05) is 17.8 Å². The zero-order valence-electron chi connectivity index (χ0n) is 16.5. The molecule has 2 aromatic heterocycles. The molecule has 0 aliphatic carbocycles. The van der Waals surface area contributed by atoms with Gasteiger partial charge in [0.1, 0.15) is 5.69 Å². The highest BCUT2D eigenvalue weighted by molar-refractivity contribution is 7.16. The van der Waals surface area contributed by atoms with Gasteiger partial charge in [0.15, 0.2) is 11.6 Å². The van der Waals surface area contributed by atoms with Crippen LogP contribution in [0.2, 0.25) is 0 Å². The predicted molar refractivity (Wildman–Crippen MR) is 115 cm³/mol. The molecule has 1 aliphatic rings. The SMILES string of the molecule is NC(=O)c1c(-c2ccc(F)c(F)c2)nn2c1CN(C(=O)Nc1ccc3scnc3c1)CC2. The van der Waals surface area contributed by atoms with Crippen molar-refractivity contribution in [2.45, 2.75) is 13.1 Å². The molecule has 2 aromatic carbocycles. The van der Waals surface area contributed by atoms with Crippen molar-refractivity contribution in [2.75, 3.05) is 11.9 Å². The molecule has 162 valence electrons. The number of nitrogens with zero attached hydrogens (tertiary/aromatic N) is 4. The first-order chi connectivity index (χ1) is 15.4. The van der Waals surface area contributed by atoms with E-state index < -0.39 is 17.5 Å². The third-order valence-electron chi connectivity index (χ3n) is 5.29. The number of nitrogens with two attached hydrogens (primary N) is 1. The molecule has 0 atom stereocenters. The smallest absolute Gasteiger partial charge is 0.322 e. The molecule has 8 nitrogen and oxygen atoms in total. The maximum atomic E-state index is 13.7. The van der Waals surface area contributed by atoms with E-state index in [0.29, 0.717) is 24.5 Å². The molecule has 3 amide bonds. The summed E-state index contributed by atoms with van der Waals surface area (Å²) in [7, 11) is 0. The second-order valence-corrected chi connectivity index (χ2v) is 8.16. The Morgan fingerprint density at radius 2 is 1.94 bits per heavy atom. The molecule has 11 heteroatoms. The van der Waals surface area contributed by atoms with Gasteiger partial charge in [-0.15, -0.1) is 11.3 Å². The van der Waals surface area contributed by atoms with Crippen LogP contribution in [0.4, 0.5) is 19.3 Å². The number of fused-ring (bicyclic) bond motifs is 2. The first kappa shape index (κ1) is 20.1. The van der Waals surface area contributed by atoms with Crippen molar-refractivity contribution in [1.82, 2.24) is 19.7 Å². The number of anilines is 1. The number of urea groups is 1. The number of carbonyl (C=O) groups excluding carboxylic acids is 2. The minimum Gasteiger partial charge on any atom is -0.365 e. The van der Waals surface area contributed by atoms with Gasteiger partial charge in [-0.3, -0.25) is 9.48 Å². The Balaban J connectivity index is 1.43. The summed E-state index contributed by atoms with van der Waals surface area (Å²) in [6.07, 6.45) is 0. The fourth-order valence-electron chi connectivity index (χ4n) is 3.73. The van der Waals surface area contributed by atoms with Crippen LogP contribution in [0.15, 0.2) is 41.9 Å². The fraction of sp³-hybridized carbons (Fsp3) is 0.143. The Hall–Kier alpha value is -3.86. The molecule has 0 spiro atoms. The van der Waals surface area contributed by atoms with E-state index >= 15 is 0 Å². The van der Waals surface area contributed by atoms with Crippen LogP contribution in [0.25, 0.3) is 21.5 Å². The molecule has 0 bridgehead atoms. The van der Waals surface area contributed by atoms with Gasteiger partial charge in [-0.25, -0.2) is 18.6 Å². The Morgan fingerprint density at radius 3 is 2.72 bits per heavy atom. The summed E-state index contributed by atoms with van der Waals surface area (Å²) >= 11 is 1.51. The van der Waals surface area contributed by atoms with Gasteiger partial charge in [-0.1, -0.05) is 0 Å². The van der Waals surface area contributed by atoms with Crippen LogP contribution in [-0.2, 0) is 13.1 Å². The number of halogens is 2. The molecule has 5 rings (SSSR count). The topological polar surface area (TPSA) is 106 Å². The second kappa shape index (κ2) is 7.68. The number of carbonyl (C=O) groups is 2. The van der Waals surface area contributed by atoms with Crippen molar-refractivity contribution >= 4 is 39.2 Å². The summed E-state index contributed by atoms with van der Waals surface area (Å²) in [5, 5.41) is 7.22. The Bertz CT molecular complexity index is 1380. The predicted octanol–water partition coefficient (Wildman–Crippen LogP) is 3.58. The van der Waals surface area contributed by atoms with Crippen LogP contribution in [0.1, 0.15) is 16.1 Å². The zero-order valence-corrected chi connectivity index (χ0v) is 17.3. The maximum absolute atomic E-state index is 13.7. The highest BCUT2D eigenvalue weighted by atomic mass is 32.1. The van der Waals surface area contributed by atoms with Crippen molar-refractivity contribution in [2.24, 2.45) is 5.73 Å². The monoisotopic (exact) mass is 454 g/mol. The van der Waals surface area contributed by atoms with Crippen LogP contribution in [0.3, 0.4) is 0 Å². The number of nitrogens with one attached hydrogen (secondary N) is 1. The molecule has 0 saturated heterocycles. The average molecular weight is 454 g/mol. The summed E-state index contributed by atoms with van der Waals surface area (Å²) in [5.74, 6) is -2.82. The summed E-state index contributed by atoms with van der Waals surface area (Å²) in [5.41, 5.74) is 9.62. The summed E-state index contributed by atoms with van der Waals surface area (Å²) in [6, 6.07) is 8.38. The van der Waals surface area contributed by atoms with Crippen LogP contribution in [0, 0.1) is 11.6 Å². The van der Waals surface area contributed by atoms with Gasteiger partial charge >= 0.3 is 6.03 Å². The third kappa shape index (κ3) is 3.46. The van der Waals surface area contributed by atoms with E-state index in [1.54, 1.807) is 22.3 Å². The molecular formula is C21H16F2N6O2S. The number of hydrogen-bond donors (Lipinski definition) is 2. The van der Waals surface area contributed by atoms with Crippen molar-refractivity contribution in [1.29, 1.82) is 0 Å². The summed E-state index contributed by atoms with van der Waals surface area (Å²) < 4.78 is 29.7. The molecule has 0 unspecified atom stereocenters. The number of hydrogen-bond acceptors (Lipinski definition) is 5. The minimum atomic E-state index is -1.05. The lowest BCUT2D eigenvalue weighted by atomic mass is 10.0. The van der Waals surface area contributed by atoms with E-state index in [9.17, 15) is 18.4 Å². The number of thiazole rings is 1. The molecule has 4 aromatic rings. The molecule has 1 aliphatic heterocycles. The van der Waals surface area contributed by atoms with Gasteiger partial charge in [-0.2, -0.15) is 5.10 Å². The average Bonchev–Trinajstić information content (AvgIpc) is 3.39. The first-order valence-electron chi connectivity index (χ1n) is 9.65.